The highest BCUT2D eigenvalue weighted by atomic mass is 32.1. The van der Waals surface area contributed by atoms with Gasteiger partial charge >= 0.3 is 0 Å². The van der Waals surface area contributed by atoms with Gasteiger partial charge in [0.1, 0.15) is 5.82 Å². The largest absolute Gasteiger partial charge is 0.346 e. The molecular formula is C25H28N4OS. The van der Waals surface area contributed by atoms with Gasteiger partial charge in [-0.25, -0.2) is 4.98 Å². The fraction of sp³-hybridized carbons (Fsp3) is 0.360. The minimum absolute atomic E-state index is 0.0268. The minimum atomic E-state index is 0.0268. The summed E-state index contributed by atoms with van der Waals surface area (Å²) in [6, 6.07) is 14.8. The maximum atomic E-state index is 13.6. The third-order valence-corrected chi connectivity index (χ3v) is 7.00. The maximum absolute atomic E-state index is 13.6. The van der Waals surface area contributed by atoms with Gasteiger partial charge in [0.2, 0.25) is 5.91 Å². The molecule has 0 N–H and O–H groups in total. The van der Waals surface area contributed by atoms with Crippen LogP contribution in [0.2, 0.25) is 0 Å². The van der Waals surface area contributed by atoms with Gasteiger partial charge < -0.3 is 14.0 Å². The Balaban J connectivity index is 1.46. The molecule has 1 aliphatic rings. The van der Waals surface area contributed by atoms with E-state index in [0.29, 0.717) is 12.5 Å². The Hall–Kier alpha value is -2.86. The van der Waals surface area contributed by atoms with E-state index in [-0.39, 0.29) is 18.0 Å². The third kappa shape index (κ3) is 3.69. The van der Waals surface area contributed by atoms with Gasteiger partial charge in [-0.3, -0.25) is 4.79 Å². The molecule has 4 aromatic rings. The van der Waals surface area contributed by atoms with Crippen molar-refractivity contribution < 1.29 is 4.79 Å². The van der Waals surface area contributed by atoms with Crippen LogP contribution < -0.4 is 0 Å². The summed E-state index contributed by atoms with van der Waals surface area (Å²) < 4.78 is 4.46. The lowest BCUT2D eigenvalue weighted by atomic mass is 10.1. The fourth-order valence-corrected chi connectivity index (χ4v) is 5.58. The van der Waals surface area contributed by atoms with Gasteiger partial charge in [-0.15, -0.1) is 0 Å². The second kappa shape index (κ2) is 8.35. The van der Waals surface area contributed by atoms with Gasteiger partial charge in [-0.2, -0.15) is 11.3 Å². The average Bonchev–Trinajstić information content (AvgIpc) is 3.56. The standard InChI is InChI=1S/C25H28N4OS/c1-18(2)29-21-9-4-3-8-20(21)26-25(29)22-10-7-14-28(22)24(30)16-23(19-11-15-31-17-19)27-12-5-6-13-27/h3-6,8-9,11-13,15,17-18,22-23H,7,10,14,16H2,1-2H3/t22-,23-/m0/s1. The Morgan fingerprint density at radius 1 is 1.16 bits per heavy atom. The summed E-state index contributed by atoms with van der Waals surface area (Å²) >= 11 is 1.68. The van der Waals surface area contributed by atoms with Crippen molar-refractivity contribution in [3.05, 3.63) is 77.0 Å². The molecular weight excluding hydrogens is 404 g/mol. The van der Waals surface area contributed by atoms with Crippen LogP contribution in [0.3, 0.4) is 0 Å². The van der Waals surface area contributed by atoms with E-state index in [1.165, 1.54) is 5.56 Å². The molecule has 2 atom stereocenters. The predicted octanol–water partition coefficient (Wildman–Crippen LogP) is 5.82. The van der Waals surface area contributed by atoms with Crippen molar-refractivity contribution in [3.63, 3.8) is 0 Å². The Bertz CT molecular complexity index is 1130. The highest BCUT2D eigenvalue weighted by Gasteiger charge is 2.35. The number of carbonyl (C=O) groups excluding carboxylic acids is 1. The highest BCUT2D eigenvalue weighted by molar-refractivity contribution is 7.08. The van der Waals surface area contributed by atoms with E-state index in [2.05, 4.69) is 75.3 Å². The monoisotopic (exact) mass is 432 g/mol. The Kier molecular flexibility index (Phi) is 5.40. The molecule has 31 heavy (non-hydrogen) atoms. The molecule has 0 unspecified atom stereocenters. The minimum Gasteiger partial charge on any atom is -0.346 e. The van der Waals surface area contributed by atoms with Crippen LogP contribution in [0, 0.1) is 0 Å². The zero-order chi connectivity index (χ0) is 21.4. The van der Waals surface area contributed by atoms with Crippen LogP contribution >= 0.6 is 11.3 Å². The lowest BCUT2D eigenvalue weighted by molar-refractivity contribution is -0.132. The first-order chi connectivity index (χ1) is 15.1. The van der Waals surface area contributed by atoms with Gasteiger partial charge in [-0.05, 0) is 73.3 Å². The number of benzene rings is 1. The van der Waals surface area contributed by atoms with E-state index in [1.807, 2.05) is 18.2 Å². The number of imidazole rings is 1. The fourth-order valence-electron chi connectivity index (χ4n) is 4.87. The summed E-state index contributed by atoms with van der Waals surface area (Å²) in [5.74, 6) is 1.23. The van der Waals surface area contributed by atoms with Crippen LogP contribution in [0.4, 0.5) is 0 Å². The van der Waals surface area contributed by atoms with Gasteiger partial charge in [0, 0.05) is 25.0 Å². The number of hydrogen-bond acceptors (Lipinski definition) is 3. The SMILES string of the molecule is CC(C)n1c([C@@H]2CCCN2C(=O)C[C@@H](c2ccsc2)n2cccc2)nc2ccccc21. The van der Waals surface area contributed by atoms with E-state index < -0.39 is 0 Å². The zero-order valence-corrected chi connectivity index (χ0v) is 18.8. The van der Waals surface area contributed by atoms with E-state index in [4.69, 9.17) is 4.98 Å². The number of carbonyl (C=O) groups is 1. The number of hydrogen-bond donors (Lipinski definition) is 0. The summed E-state index contributed by atoms with van der Waals surface area (Å²) in [5.41, 5.74) is 3.35. The van der Waals surface area contributed by atoms with Gasteiger partial charge in [0.25, 0.3) is 0 Å². The maximum Gasteiger partial charge on any atom is 0.225 e. The van der Waals surface area contributed by atoms with E-state index >= 15 is 0 Å². The summed E-state index contributed by atoms with van der Waals surface area (Å²) in [5, 5.41) is 4.23. The lowest BCUT2D eigenvalue weighted by Gasteiger charge is -2.28. The van der Waals surface area contributed by atoms with Crippen molar-refractivity contribution in [2.45, 2.75) is 51.2 Å². The number of nitrogens with zero attached hydrogens (tertiary/aromatic N) is 4. The number of para-hydroxylation sites is 2. The smallest absolute Gasteiger partial charge is 0.225 e. The van der Waals surface area contributed by atoms with Crippen molar-refractivity contribution >= 4 is 28.3 Å². The molecule has 0 radical (unpaired) electrons. The molecule has 1 fully saturated rings. The number of amides is 1. The van der Waals surface area contributed by atoms with Crippen molar-refractivity contribution in [2.24, 2.45) is 0 Å². The summed E-state index contributed by atoms with van der Waals surface area (Å²) in [4.78, 5) is 20.7. The molecule has 1 aliphatic heterocycles. The molecule has 5 rings (SSSR count). The topological polar surface area (TPSA) is 43.1 Å². The number of likely N-dealkylation sites (tertiary alicyclic amines) is 1. The molecule has 5 nitrogen and oxygen atoms in total. The van der Waals surface area contributed by atoms with Crippen LogP contribution in [-0.2, 0) is 4.79 Å². The second-order valence-electron chi connectivity index (χ2n) is 8.57. The molecule has 0 bridgehead atoms. The average molecular weight is 433 g/mol. The first-order valence-corrected chi connectivity index (χ1v) is 12.0. The molecule has 1 amide bonds. The molecule has 0 aliphatic carbocycles. The number of rotatable bonds is 6. The second-order valence-corrected chi connectivity index (χ2v) is 9.35. The summed E-state index contributed by atoms with van der Waals surface area (Å²) in [6.07, 6.45) is 6.55. The molecule has 6 heteroatoms. The van der Waals surface area contributed by atoms with E-state index in [0.717, 1.165) is 36.2 Å². The Morgan fingerprint density at radius 3 is 2.71 bits per heavy atom. The zero-order valence-electron chi connectivity index (χ0n) is 18.0. The van der Waals surface area contributed by atoms with Crippen molar-refractivity contribution in [1.29, 1.82) is 0 Å². The number of aromatic nitrogens is 3. The van der Waals surface area contributed by atoms with Crippen molar-refractivity contribution in [1.82, 2.24) is 19.0 Å². The lowest BCUT2D eigenvalue weighted by Crippen LogP contribution is -2.34. The van der Waals surface area contributed by atoms with Crippen LogP contribution in [0.25, 0.3) is 11.0 Å². The van der Waals surface area contributed by atoms with Crippen LogP contribution in [0.5, 0.6) is 0 Å². The molecule has 0 spiro atoms. The molecule has 1 saturated heterocycles. The van der Waals surface area contributed by atoms with Gasteiger partial charge in [-0.1, -0.05) is 12.1 Å². The molecule has 0 saturated carbocycles. The predicted molar refractivity (Wildman–Crippen MR) is 125 cm³/mol. The first kappa shape index (κ1) is 20.1. The van der Waals surface area contributed by atoms with Crippen molar-refractivity contribution in [2.75, 3.05) is 6.54 Å². The summed E-state index contributed by atoms with van der Waals surface area (Å²) in [7, 11) is 0. The molecule has 4 heterocycles. The van der Waals surface area contributed by atoms with E-state index in [1.54, 1.807) is 11.3 Å². The molecule has 160 valence electrons. The summed E-state index contributed by atoms with van der Waals surface area (Å²) in [6.45, 7) is 5.18. The van der Waals surface area contributed by atoms with Gasteiger partial charge in [0.05, 0.1) is 29.5 Å². The van der Waals surface area contributed by atoms with Crippen LogP contribution in [0.1, 0.15) is 62.6 Å². The number of thiophene rings is 1. The third-order valence-electron chi connectivity index (χ3n) is 6.29. The first-order valence-electron chi connectivity index (χ1n) is 11.0. The Morgan fingerprint density at radius 2 is 1.97 bits per heavy atom. The van der Waals surface area contributed by atoms with E-state index in [9.17, 15) is 4.79 Å². The molecule has 1 aromatic carbocycles. The van der Waals surface area contributed by atoms with Crippen LogP contribution in [0.15, 0.2) is 65.6 Å². The van der Waals surface area contributed by atoms with Gasteiger partial charge in [0.15, 0.2) is 0 Å². The normalized spacial score (nSPS) is 17.6. The van der Waals surface area contributed by atoms with Crippen LogP contribution in [-0.4, -0.2) is 31.5 Å². The van der Waals surface area contributed by atoms with Crippen molar-refractivity contribution in [3.8, 4) is 0 Å². The number of fused-ring (bicyclic) bond motifs is 1. The quantitative estimate of drug-likeness (QED) is 0.385. The molecule has 3 aromatic heterocycles. The highest BCUT2D eigenvalue weighted by Crippen LogP contribution is 2.36. The Labute approximate surface area is 186 Å².